The van der Waals surface area contributed by atoms with Gasteiger partial charge in [-0.15, -0.1) is 0 Å². The molecule has 194 valence electrons. The highest BCUT2D eigenvalue weighted by molar-refractivity contribution is 5.44. The van der Waals surface area contributed by atoms with Crippen molar-refractivity contribution in [3.05, 3.63) is 125 Å². The number of hydrogen-bond donors (Lipinski definition) is 1. The highest BCUT2D eigenvalue weighted by atomic mass is 19.1. The van der Waals surface area contributed by atoms with Crippen LogP contribution in [0.4, 0.5) is 8.78 Å². The van der Waals surface area contributed by atoms with Gasteiger partial charge in [-0.2, -0.15) is 0 Å². The maximum atomic E-state index is 14.2. The summed E-state index contributed by atoms with van der Waals surface area (Å²) >= 11 is 0. The summed E-state index contributed by atoms with van der Waals surface area (Å²) in [5.41, 5.74) is -0.369. The number of rotatable bonds is 12. The number of aliphatic hydroxyl groups is 1. The Hall–Kier alpha value is -3.52. The Labute approximate surface area is 215 Å². The van der Waals surface area contributed by atoms with Crippen molar-refractivity contribution in [3.8, 4) is 5.75 Å². The second-order valence-corrected chi connectivity index (χ2v) is 8.87. The minimum atomic E-state index is -1.88. The summed E-state index contributed by atoms with van der Waals surface area (Å²) in [6.07, 6.45) is 0.815. The highest BCUT2D eigenvalue weighted by Crippen LogP contribution is 2.38. The Kier molecular flexibility index (Phi) is 8.71. The first-order valence-corrected chi connectivity index (χ1v) is 12.1. The van der Waals surface area contributed by atoms with E-state index in [0.29, 0.717) is 25.5 Å². The van der Waals surface area contributed by atoms with Gasteiger partial charge in [0, 0.05) is 32.4 Å². The Morgan fingerprint density at radius 2 is 1.51 bits per heavy atom. The molecule has 0 fully saturated rings. The zero-order valence-electron chi connectivity index (χ0n) is 21.0. The Morgan fingerprint density at radius 3 is 2.14 bits per heavy atom. The molecule has 0 unspecified atom stereocenters. The van der Waals surface area contributed by atoms with Gasteiger partial charge in [0.1, 0.15) is 28.9 Å². The van der Waals surface area contributed by atoms with E-state index in [1.165, 1.54) is 36.4 Å². The number of para-hydroxylation sites is 1. The van der Waals surface area contributed by atoms with E-state index in [2.05, 4.69) is 4.90 Å². The van der Waals surface area contributed by atoms with Gasteiger partial charge >= 0.3 is 0 Å². The lowest BCUT2D eigenvalue weighted by molar-refractivity contribution is 0.0940. The van der Waals surface area contributed by atoms with Gasteiger partial charge < -0.3 is 19.0 Å². The van der Waals surface area contributed by atoms with Crippen LogP contribution in [0.1, 0.15) is 34.6 Å². The van der Waals surface area contributed by atoms with Crippen LogP contribution < -0.4 is 4.74 Å². The lowest BCUT2D eigenvalue weighted by Gasteiger charge is -2.27. The molecule has 0 aliphatic heterocycles. The minimum absolute atomic E-state index is 0.174. The van der Waals surface area contributed by atoms with E-state index in [4.69, 9.17) is 13.9 Å². The van der Waals surface area contributed by atoms with Gasteiger partial charge in [0.05, 0.1) is 13.7 Å². The number of benzene rings is 3. The molecule has 4 rings (SSSR count). The monoisotopic (exact) mass is 507 g/mol. The molecule has 0 radical (unpaired) electrons. The molecule has 1 heterocycles. The zero-order valence-corrected chi connectivity index (χ0v) is 21.0. The lowest BCUT2D eigenvalue weighted by Crippen LogP contribution is -2.29. The minimum Gasteiger partial charge on any atom is -0.496 e. The fourth-order valence-corrected chi connectivity index (χ4v) is 4.48. The van der Waals surface area contributed by atoms with Crippen molar-refractivity contribution in [1.82, 2.24) is 4.90 Å². The summed E-state index contributed by atoms with van der Waals surface area (Å²) in [5.74, 6) is 0.549. The third-order valence-electron chi connectivity index (χ3n) is 6.29. The molecule has 0 amide bonds. The molecule has 1 aromatic heterocycles. The van der Waals surface area contributed by atoms with Crippen LogP contribution in [-0.2, 0) is 23.4 Å². The lowest BCUT2D eigenvalue weighted by atomic mass is 9.84. The van der Waals surface area contributed by atoms with Crippen LogP contribution in [0.15, 0.2) is 89.3 Å². The van der Waals surface area contributed by atoms with Crippen LogP contribution in [-0.4, -0.2) is 37.4 Å². The number of halogens is 2. The molecule has 5 nitrogen and oxygen atoms in total. The highest BCUT2D eigenvalue weighted by Gasteiger charge is 2.38. The second kappa shape index (κ2) is 12.1. The van der Waals surface area contributed by atoms with Gasteiger partial charge in [-0.3, -0.25) is 4.90 Å². The van der Waals surface area contributed by atoms with Gasteiger partial charge in [-0.25, -0.2) is 8.78 Å². The van der Waals surface area contributed by atoms with Crippen molar-refractivity contribution in [3.63, 3.8) is 0 Å². The topological polar surface area (TPSA) is 55.1 Å². The van der Waals surface area contributed by atoms with E-state index < -0.39 is 17.2 Å². The van der Waals surface area contributed by atoms with E-state index in [9.17, 15) is 13.9 Å². The summed E-state index contributed by atoms with van der Waals surface area (Å²) in [5, 5.41) is 11.9. The van der Waals surface area contributed by atoms with Crippen LogP contribution in [0.3, 0.4) is 0 Å². The molecule has 0 aliphatic carbocycles. The van der Waals surface area contributed by atoms with Crippen LogP contribution in [0, 0.1) is 11.6 Å². The van der Waals surface area contributed by atoms with Gasteiger partial charge in [0.25, 0.3) is 0 Å². The molecule has 1 N–H and O–H groups in total. The first kappa shape index (κ1) is 26.5. The fourth-order valence-electron chi connectivity index (χ4n) is 4.48. The smallest absolute Gasteiger partial charge is 0.173 e. The van der Waals surface area contributed by atoms with Crippen molar-refractivity contribution in [2.45, 2.75) is 25.1 Å². The summed E-state index contributed by atoms with van der Waals surface area (Å²) in [4.78, 5) is 2.20. The summed E-state index contributed by atoms with van der Waals surface area (Å²) in [7, 11) is 3.32. The molecule has 0 bridgehead atoms. The maximum absolute atomic E-state index is 14.2. The summed E-state index contributed by atoms with van der Waals surface area (Å²) in [6.45, 7) is 2.41. The first-order valence-electron chi connectivity index (χ1n) is 12.1. The fraction of sp³-hybridized carbons (Fsp3) is 0.267. The SMILES string of the molecule is COCCCN(Cc1ccc(C(O)(c2cccc(F)c2)c2cccc(F)c2)o1)Cc1ccccc1OC. The van der Waals surface area contributed by atoms with Gasteiger partial charge in [0.15, 0.2) is 5.60 Å². The molecular formula is C30H31F2NO4. The van der Waals surface area contributed by atoms with Crippen molar-refractivity contribution in [2.75, 3.05) is 27.4 Å². The number of ether oxygens (including phenoxy) is 2. The second-order valence-electron chi connectivity index (χ2n) is 8.87. The van der Waals surface area contributed by atoms with Crippen LogP contribution in [0.5, 0.6) is 5.75 Å². The van der Waals surface area contributed by atoms with Crippen LogP contribution in [0.2, 0.25) is 0 Å². The van der Waals surface area contributed by atoms with Crippen LogP contribution in [0.25, 0.3) is 0 Å². The Morgan fingerprint density at radius 1 is 0.838 bits per heavy atom. The van der Waals surface area contributed by atoms with E-state index in [0.717, 1.165) is 24.3 Å². The van der Waals surface area contributed by atoms with Crippen molar-refractivity contribution in [2.24, 2.45) is 0 Å². The van der Waals surface area contributed by atoms with Crippen molar-refractivity contribution in [1.29, 1.82) is 0 Å². The predicted molar refractivity (Wildman–Crippen MR) is 137 cm³/mol. The van der Waals surface area contributed by atoms with E-state index >= 15 is 0 Å². The molecule has 0 spiro atoms. The summed E-state index contributed by atoms with van der Waals surface area (Å²) < 4.78 is 45.2. The molecule has 3 aromatic carbocycles. The average Bonchev–Trinajstić information content (AvgIpc) is 3.37. The molecule has 0 atom stereocenters. The van der Waals surface area contributed by atoms with Crippen molar-refractivity contribution < 1.29 is 27.8 Å². The molecular weight excluding hydrogens is 476 g/mol. The van der Waals surface area contributed by atoms with E-state index in [1.807, 2.05) is 24.3 Å². The Balaban J connectivity index is 1.66. The zero-order chi connectivity index (χ0) is 26.3. The standard InChI is InChI=1S/C30H31F2NO4/c1-35-17-7-16-33(20-22-8-3-4-13-28(22)36-2)21-27-14-15-29(37-27)30(34,23-9-5-11-25(31)18-23)24-10-6-12-26(32)19-24/h3-6,8-15,18-19,34H,7,16-17,20-21H2,1-2H3. The number of hydrogen-bond acceptors (Lipinski definition) is 5. The Bertz CT molecular complexity index is 1260. The quantitative estimate of drug-likeness (QED) is 0.242. The third-order valence-corrected chi connectivity index (χ3v) is 6.29. The van der Waals surface area contributed by atoms with E-state index in [-0.39, 0.29) is 16.9 Å². The molecule has 4 aromatic rings. The number of methoxy groups -OCH3 is 2. The molecule has 0 saturated heterocycles. The van der Waals surface area contributed by atoms with Gasteiger partial charge in [0.2, 0.25) is 0 Å². The predicted octanol–water partition coefficient (Wildman–Crippen LogP) is 5.89. The third kappa shape index (κ3) is 6.25. The average molecular weight is 508 g/mol. The molecule has 0 aliphatic rings. The molecule has 0 saturated carbocycles. The molecule has 7 heteroatoms. The molecule has 37 heavy (non-hydrogen) atoms. The van der Waals surface area contributed by atoms with Crippen LogP contribution >= 0.6 is 0 Å². The van der Waals surface area contributed by atoms with Gasteiger partial charge in [-0.05, 0) is 60.0 Å². The first-order chi connectivity index (χ1) is 17.9. The van der Waals surface area contributed by atoms with Gasteiger partial charge in [-0.1, -0.05) is 42.5 Å². The maximum Gasteiger partial charge on any atom is 0.173 e. The number of furan rings is 1. The summed E-state index contributed by atoms with van der Waals surface area (Å²) in [6, 6.07) is 22.5. The van der Waals surface area contributed by atoms with E-state index in [1.54, 1.807) is 38.5 Å². The normalized spacial score (nSPS) is 11.7. The van der Waals surface area contributed by atoms with Crippen molar-refractivity contribution >= 4 is 0 Å². The number of nitrogens with zero attached hydrogens (tertiary/aromatic N) is 1. The largest absolute Gasteiger partial charge is 0.496 e.